The highest BCUT2D eigenvalue weighted by molar-refractivity contribution is 6.30. The van der Waals surface area contributed by atoms with Gasteiger partial charge in [0.05, 0.1) is 6.54 Å². The lowest BCUT2D eigenvalue weighted by Gasteiger charge is -2.13. The molecule has 0 aliphatic carbocycles. The summed E-state index contributed by atoms with van der Waals surface area (Å²) in [6.45, 7) is 0.668. The van der Waals surface area contributed by atoms with Gasteiger partial charge in [0.2, 0.25) is 0 Å². The van der Waals surface area contributed by atoms with E-state index in [2.05, 4.69) is 0 Å². The van der Waals surface area contributed by atoms with Crippen molar-refractivity contribution < 1.29 is 14.6 Å². The molecule has 0 fully saturated rings. The van der Waals surface area contributed by atoms with E-state index in [-0.39, 0.29) is 0 Å². The molecule has 0 bridgehead atoms. The largest absolute Gasteiger partial charge is 0.492 e. The van der Waals surface area contributed by atoms with Crippen molar-refractivity contribution in [1.82, 2.24) is 4.90 Å². The molecule has 0 unspecified atom stereocenters. The molecule has 1 N–H and O–H groups in total. The van der Waals surface area contributed by atoms with Gasteiger partial charge in [-0.1, -0.05) is 35.9 Å². The van der Waals surface area contributed by atoms with Crippen LogP contribution in [-0.4, -0.2) is 36.3 Å². The van der Waals surface area contributed by atoms with Crippen LogP contribution in [0.1, 0.15) is 11.1 Å². The van der Waals surface area contributed by atoms with E-state index in [1.165, 1.54) is 23.1 Å². The number of carbonyl (C=O) groups is 1. The van der Waals surface area contributed by atoms with Gasteiger partial charge in [0.25, 0.3) is 0 Å². The van der Waals surface area contributed by atoms with Gasteiger partial charge >= 0.3 is 6.09 Å². The smallest absolute Gasteiger partial charge is 0.407 e. The van der Waals surface area contributed by atoms with Gasteiger partial charge < -0.3 is 14.7 Å². The fourth-order valence-electron chi connectivity index (χ4n) is 1.94. The van der Waals surface area contributed by atoms with Crippen LogP contribution in [0.3, 0.4) is 0 Å². The molecule has 2 rings (SSSR count). The monoisotopic (exact) mass is 319 g/mol. The highest BCUT2D eigenvalue weighted by Gasteiger charge is 2.04. The molecule has 2 aromatic carbocycles. The Morgan fingerprint density at radius 2 is 1.64 bits per heavy atom. The Morgan fingerprint density at radius 3 is 2.18 bits per heavy atom. The van der Waals surface area contributed by atoms with Crippen molar-refractivity contribution in [1.29, 1.82) is 0 Å². The van der Waals surface area contributed by atoms with Crippen LogP contribution in [0.2, 0.25) is 5.02 Å². The van der Waals surface area contributed by atoms with Gasteiger partial charge in [-0.05, 0) is 41.8 Å². The summed E-state index contributed by atoms with van der Waals surface area (Å²) < 4.78 is 5.53. The van der Waals surface area contributed by atoms with Gasteiger partial charge in [-0.3, -0.25) is 0 Å². The molecule has 0 radical (unpaired) electrons. The van der Waals surface area contributed by atoms with Crippen LogP contribution in [0.4, 0.5) is 4.79 Å². The minimum Gasteiger partial charge on any atom is -0.492 e. The zero-order valence-corrected chi connectivity index (χ0v) is 13.1. The second-order valence-corrected chi connectivity index (χ2v) is 5.44. The Balaban J connectivity index is 1.85. The molecular weight excluding hydrogens is 302 g/mol. The molecule has 5 heteroatoms. The van der Waals surface area contributed by atoms with Crippen LogP contribution < -0.4 is 4.74 Å². The summed E-state index contributed by atoms with van der Waals surface area (Å²) in [4.78, 5) is 11.8. The minimum atomic E-state index is -0.957. The maximum absolute atomic E-state index is 10.6. The van der Waals surface area contributed by atoms with E-state index in [9.17, 15) is 4.79 Å². The molecule has 2 aromatic rings. The van der Waals surface area contributed by atoms with Gasteiger partial charge in [-0.2, -0.15) is 0 Å². The van der Waals surface area contributed by atoms with Crippen LogP contribution >= 0.6 is 11.6 Å². The van der Waals surface area contributed by atoms with Crippen LogP contribution in [0.5, 0.6) is 5.75 Å². The lowest BCUT2D eigenvalue weighted by atomic mass is 10.1. The van der Waals surface area contributed by atoms with Crippen LogP contribution in [-0.2, 0) is 6.42 Å². The number of rotatable bonds is 6. The van der Waals surface area contributed by atoms with Crippen molar-refractivity contribution in [3.05, 3.63) is 64.7 Å². The lowest BCUT2D eigenvalue weighted by molar-refractivity contribution is 0.147. The average molecular weight is 320 g/mol. The SMILES string of the molecule is CN(CCOc1ccc(Cc2ccc(Cl)cc2)cc1)C(=O)O. The number of ether oxygens (including phenoxy) is 1. The first kappa shape index (κ1) is 16.2. The maximum Gasteiger partial charge on any atom is 0.407 e. The van der Waals surface area contributed by atoms with Gasteiger partial charge in [-0.25, -0.2) is 4.79 Å². The minimum absolute atomic E-state index is 0.333. The van der Waals surface area contributed by atoms with E-state index >= 15 is 0 Å². The zero-order chi connectivity index (χ0) is 15.9. The second kappa shape index (κ2) is 7.71. The number of hydrogen-bond acceptors (Lipinski definition) is 2. The van der Waals surface area contributed by atoms with Gasteiger partial charge in [0.15, 0.2) is 0 Å². The highest BCUT2D eigenvalue weighted by atomic mass is 35.5. The van der Waals surface area contributed by atoms with Crippen molar-refractivity contribution in [2.24, 2.45) is 0 Å². The molecule has 116 valence electrons. The van der Waals surface area contributed by atoms with Crippen molar-refractivity contribution in [3.8, 4) is 5.75 Å². The Labute approximate surface area is 134 Å². The van der Waals surface area contributed by atoms with E-state index < -0.39 is 6.09 Å². The predicted octanol–water partition coefficient (Wildman–Crippen LogP) is 3.92. The molecular formula is C17H18ClNO3. The first-order valence-electron chi connectivity index (χ1n) is 6.95. The summed E-state index contributed by atoms with van der Waals surface area (Å²) in [5.41, 5.74) is 2.37. The lowest BCUT2D eigenvalue weighted by Crippen LogP contribution is -2.29. The summed E-state index contributed by atoms with van der Waals surface area (Å²) in [7, 11) is 1.51. The third-order valence-electron chi connectivity index (χ3n) is 3.27. The quantitative estimate of drug-likeness (QED) is 0.878. The van der Waals surface area contributed by atoms with Crippen molar-refractivity contribution in [3.63, 3.8) is 0 Å². The molecule has 0 heterocycles. The van der Waals surface area contributed by atoms with Crippen LogP contribution in [0.15, 0.2) is 48.5 Å². The number of carboxylic acid groups (broad SMARTS) is 1. The van der Waals surface area contributed by atoms with Crippen molar-refractivity contribution >= 4 is 17.7 Å². The number of nitrogens with zero attached hydrogens (tertiary/aromatic N) is 1. The fraction of sp³-hybridized carbons (Fsp3) is 0.235. The van der Waals surface area contributed by atoms with Gasteiger partial charge in [0.1, 0.15) is 12.4 Å². The highest BCUT2D eigenvalue weighted by Crippen LogP contribution is 2.17. The maximum atomic E-state index is 10.6. The Morgan fingerprint density at radius 1 is 1.09 bits per heavy atom. The molecule has 0 aliphatic heterocycles. The van der Waals surface area contributed by atoms with Crippen LogP contribution in [0.25, 0.3) is 0 Å². The fourth-order valence-corrected chi connectivity index (χ4v) is 2.06. The first-order chi connectivity index (χ1) is 10.5. The first-order valence-corrected chi connectivity index (χ1v) is 7.32. The summed E-state index contributed by atoms with van der Waals surface area (Å²) in [6, 6.07) is 15.6. The molecule has 0 aliphatic rings. The Hall–Kier alpha value is -2.20. The third-order valence-corrected chi connectivity index (χ3v) is 3.52. The van der Waals surface area contributed by atoms with E-state index in [0.29, 0.717) is 13.2 Å². The number of amides is 1. The molecule has 0 atom stereocenters. The normalized spacial score (nSPS) is 10.3. The van der Waals surface area contributed by atoms with Crippen molar-refractivity contribution in [2.45, 2.75) is 6.42 Å². The number of likely N-dealkylation sites (N-methyl/N-ethyl adjacent to an activating group) is 1. The second-order valence-electron chi connectivity index (χ2n) is 5.00. The molecule has 4 nitrogen and oxygen atoms in total. The summed E-state index contributed by atoms with van der Waals surface area (Å²) in [5.74, 6) is 0.735. The number of hydrogen-bond donors (Lipinski definition) is 1. The van der Waals surface area contributed by atoms with Gasteiger partial charge in [0, 0.05) is 12.1 Å². The predicted molar refractivity (Wildman–Crippen MR) is 86.8 cm³/mol. The topological polar surface area (TPSA) is 49.8 Å². The van der Waals surface area contributed by atoms with Crippen LogP contribution in [0, 0.1) is 0 Å². The zero-order valence-electron chi connectivity index (χ0n) is 12.3. The van der Waals surface area contributed by atoms with E-state index in [1.54, 1.807) is 0 Å². The summed E-state index contributed by atoms with van der Waals surface area (Å²) >= 11 is 5.87. The molecule has 22 heavy (non-hydrogen) atoms. The van der Waals surface area contributed by atoms with Crippen molar-refractivity contribution in [2.75, 3.05) is 20.2 Å². The molecule has 0 saturated heterocycles. The Kier molecular flexibility index (Phi) is 5.67. The Bertz CT molecular complexity index is 611. The van der Waals surface area contributed by atoms with Gasteiger partial charge in [-0.15, -0.1) is 0 Å². The molecule has 0 aromatic heterocycles. The van der Waals surface area contributed by atoms with E-state index in [4.69, 9.17) is 21.4 Å². The van der Waals surface area contributed by atoms with E-state index in [1.807, 2.05) is 48.5 Å². The summed E-state index contributed by atoms with van der Waals surface area (Å²) in [5, 5.41) is 9.47. The molecule has 1 amide bonds. The standard InChI is InChI=1S/C17H18ClNO3/c1-19(17(20)21)10-11-22-16-8-4-14(5-9-16)12-13-2-6-15(18)7-3-13/h2-9H,10-12H2,1H3,(H,20,21). The molecule has 0 spiro atoms. The number of benzene rings is 2. The van der Waals surface area contributed by atoms with E-state index in [0.717, 1.165) is 17.2 Å². The number of halogens is 1. The summed E-state index contributed by atoms with van der Waals surface area (Å²) in [6.07, 6.45) is -0.124. The molecule has 0 saturated carbocycles. The average Bonchev–Trinajstić information content (AvgIpc) is 2.51. The third kappa shape index (κ3) is 4.97.